The zero-order valence-electron chi connectivity index (χ0n) is 14.1. The third kappa shape index (κ3) is 7.41. The standard InChI is InChI=1S/C17H26N2O3S/c1-4-6-11-19(12-7-5-2)17(21)22-15-10-8-9-14(13-15)18-16(20)23-3/h8-10,13H,4-7,11-12H2,1-3H3,(H,18,20). The van der Waals surface area contributed by atoms with Crippen molar-refractivity contribution in [2.75, 3.05) is 24.7 Å². The number of ether oxygens (including phenoxy) is 1. The lowest BCUT2D eigenvalue weighted by atomic mass is 10.3. The van der Waals surface area contributed by atoms with Crippen molar-refractivity contribution in [3.05, 3.63) is 24.3 Å². The van der Waals surface area contributed by atoms with Crippen LogP contribution < -0.4 is 10.1 Å². The number of anilines is 1. The number of amides is 2. The summed E-state index contributed by atoms with van der Waals surface area (Å²) in [5.41, 5.74) is 0.614. The van der Waals surface area contributed by atoms with Gasteiger partial charge in [0, 0.05) is 24.8 Å². The summed E-state index contributed by atoms with van der Waals surface area (Å²) in [4.78, 5) is 25.5. The second kappa shape index (κ2) is 10.9. The molecule has 1 N–H and O–H groups in total. The van der Waals surface area contributed by atoms with Gasteiger partial charge in [-0.1, -0.05) is 44.5 Å². The maximum atomic E-state index is 12.3. The van der Waals surface area contributed by atoms with E-state index in [0.717, 1.165) is 37.4 Å². The molecule has 0 heterocycles. The van der Waals surface area contributed by atoms with Crippen LogP contribution in [0.1, 0.15) is 39.5 Å². The summed E-state index contributed by atoms with van der Waals surface area (Å²) in [6.07, 6.45) is 5.36. The number of nitrogens with one attached hydrogen (secondary N) is 1. The normalized spacial score (nSPS) is 10.2. The van der Waals surface area contributed by atoms with E-state index in [1.165, 1.54) is 0 Å². The van der Waals surface area contributed by atoms with Crippen LogP contribution in [0, 0.1) is 0 Å². The van der Waals surface area contributed by atoms with E-state index in [-0.39, 0.29) is 11.3 Å². The quantitative estimate of drug-likeness (QED) is 0.726. The van der Waals surface area contributed by atoms with Gasteiger partial charge in [-0.25, -0.2) is 4.79 Å². The van der Waals surface area contributed by atoms with Crippen LogP contribution in [-0.4, -0.2) is 35.6 Å². The smallest absolute Gasteiger partial charge is 0.410 e. The third-order valence-corrected chi connectivity index (χ3v) is 3.77. The van der Waals surface area contributed by atoms with E-state index >= 15 is 0 Å². The van der Waals surface area contributed by atoms with Crippen LogP contribution >= 0.6 is 11.8 Å². The first-order valence-electron chi connectivity index (χ1n) is 8.02. The van der Waals surface area contributed by atoms with Crippen molar-refractivity contribution >= 4 is 28.8 Å². The summed E-state index contributed by atoms with van der Waals surface area (Å²) in [6.45, 7) is 5.61. The molecule has 0 aromatic heterocycles. The molecule has 0 bridgehead atoms. The fourth-order valence-electron chi connectivity index (χ4n) is 1.96. The molecule has 0 radical (unpaired) electrons. The predicted octanol–water partition coefficient (Wildman–Crippen LogP) is 4.98. The Balaban J connectivity index is 2.69. The summed E-state index contributed by atoms with van der Waals surface area (Å²) < 4.78 is 5.46. The Kier molecular flexibility index (Phi) is 9.21. The number of hydrogen-bond acceptors (Lipinski definition) is 4. The molecular weight excluding hydrogens is 312 g/mol. The number of thioether (sulfide) groups is 1. The fraction of sp³-hybridized carbons (Fsp3) is 0.529. The van der Waals surface area contributed by atoms with Gasteiger partial charge >= 0.3 is 6.09 Å². The van der Waals surface area contributed by atoms with Gasteiger partial charge in [0.15, 0.2) is 0 Å². The summed E-state index contributed by atoms with van der Waals surface area (Å²) in [5, 5.41) is 2.57. The van der Waals surface area contributed by atoms with Gasteiger partial charge in [-0.3, -0.25) is 4.79 Å². The van der Waals surface area contributed by atoms with Gasteiger partial charge in [-0.05, 0) is 31.2 Å². The highest BCUT2D eigenvalue weighted by molar-refractivity contribution is 8.13. The topological polar surface area (TPSA) is 58.6 Å². The monoisotopic (exact) mass is 338 g/mol. The summed E-state index contributed by atoms with van der Waals surface area (Å²) in [5.74, 6) is 0.437. The number of benzene rings is 1. The first-order chi connectivity index (χ1) is 11.1. The summed E-state index contributed by atoms with van der Waals surface area (Å²) in [6, 6.07) is 6.88. The molecule has 0 spiro atoms. The summed E-state index contributed by atoms with van der Waals surface area (Å²) in [7, 11) is 0. The Labute approximate surface area is 142 Å². The lowest BCUT2D eigenvalue weighted by Crippen LogP contribution is -2.35. The van der Waals surface area contributed by atoms with E-state index in [1.807, 2.05) is 0 Å². The minimum absolute atomic E-state index is 0.152. The van der Waals surface area contributed by atoms with Gasteiger partial charge < -0.3 is 15.0 Å². The summed E-state index contributed by atoms with van der Waals surface area (Å²) >= 11 is 1.10. The van der Waals surface area contributed by atoms with Gasteiger partial charge in [0.1, 0.15) is 5.75 Å². The number of carbonyl (C=O) groups excluding carboxylic acids is 2. The molecule has 0 aliphatic rings. The molecule has 1 aromatic rings. The van der Waals surface area contributed by atoms with Crippen molar-refractivity contribution in [3.63, 3.8) is 0 Å². The van der Waals surface area contributed by atoms with Crippen LogP contribution in [-0.2, 0) is 0 Å². The molecule has 0 saturated heterocycles. The molecule has 0 saturated carbocycles. The molecule has 23 heavy (non-hydrogen) atoms. The van der Waals surface area contributed by atoms with Crippen LogP contribution in [0.4, 0.5) is 15.3 Å². The zero-order valence-corrected chi connectivity index (χ0v) is 14.9. The van der Waals surface area contributed by atoms with Gasteiger partial charge in [-0.15, -0.1) is 0 Å². The highest BCUT2D eigenvalue weighted by Gasteiger charge is 2.15. The van der Waals surface area contributed by atoms with Crippen LogP contribution in [0.3, 0.4) is 0 Å². The minimum Gasteiger partial charge on any atom is -0.410 e. The number of hydrogen-bond donors (Lipinski definition) is 1. The van der Waals surface area contributed by atoms with E-state index in [0.29, 0.717) is 24.5 Å². The Bertz CT molecular complexity index is 500. The first kappa shape index (κ1) is 19.4. The number of rotatable bonds is 8. The highest BCUT2D eigenvalue weighted by Crippen LogP contribution is 2.19. The second-order valence-corrected chi connectivity index (χ2v) is 5.99. The molecule has 0 atom stereocenters. The number of nitrogens with zero attached hydrogens (tertiary/aromatic N) is 1. The molecule has 6 heteroatoms. The van der Waals surface area contributed by atoms with Gasteiger partial charge in [0.2, 0.25) is 0 Å². The van der Waals surface area contributed by atoms with Crippen LogP contribution in [0.15, 0.2) is 24.3 Å². The Hall–Kier alpha value is -1.69. The predicted molar refractivity (Wildman–Crippen MR) is 96.4 cm³/mol. The minimum atomic E-state index is -0.333. The molecule has 1 aromatic carbocycles. The molecule has 0 fully saturated rings. The van der Waals surface area contributed by atoms with Crippen LogP contribution in [0.25, 0.3) is 0 Å². The van der Waals surface area contributed by atoms with Gasteiger partial charge in [0.25, 0.3) is 5.24 Å². The largest absolute Gasteiger partial charge is 0.415 e. The molecule has 1 rings (SSSR count). The Morgan fingerprint density at radius 2 is 1.83 bits per heavy atom. The van der Waals surface area contributed by atoms with E-state index in [9.17, 15) is 9.59 Å². The van der Waals surface area contributed by atoms with Crippen molar-refractivity contribution in [3.8, 4) is 5.75 Å². The van der Waals surface area contributed by atoms with E-state index < -0.39 is 0 Å². The Morgan fingerprint density at radius 1 is 1.17 bits per heavy atom. The van der Waals surface area contributed by atoms with Crippen molar-refractivity contribution in [2.24, 2.45) is 0 Å². The molecule has 0 unspecified atom stereocenters. The zero-order chi connectivity index (χ0) is 17.1. The van der Waals surface area contributed by atoms with Crippen molar-refractivity contribution < 1.29 is 14.3 Å². The molecule has 128 valence electrons. The van der Waals surface area contributed by atoms with Gasteiger partial charge in [-0.2, -0.15) is 0 Å². The lowest BCUT2D eigenvalue weighted by Gasteiger charge is -2.21. The maximum absolute atomic E-state index is 12.3. The van der Waals surface area contributed by atoms with Crippen LogP contribution in [0.5, 0.6) is 5.75 Å². The molecule has 5 nitrogen and oxygen atoms in total. The van der Waals surface area contributed by atoms with Gasteiger partial charge in [0.05, 0.1) is 0 Å². The molecule has 0 aliphatic heterocycles. The maximum Gasteiger partial charge on any atom is 0.415 e. The molecule has 2 amide bonds. The highest BCUT2D eigenvalue weighted by atomic mass is 32.2. The van der Waals surface area contributed by atoms with Crippen molar-refractivity contribution in [2.45, 2.75) is 39.5 Å². The van der Waals surface area contributed by atoms with E-state index in [2.05, 4.69) is 19.2 Å². The molecule has 0 aliphatic carbocycles. The van der Waals surface area contributed by atoms with Crippen molar-refractivity contribution in [1.29, 1.82) is 0 Å². The number of carbonyl (C=O) groups is 2. The average molecular weight is 338 g/mol. The Morgan fingerprint density at radius 3 is 2.39 bits per heavy atom. The van der Waals surface area contributed by atoms with E-state index in [1.54, 1.807) is 35.4 Å². The van der Waals surface area contributed by atoms with E-state index in [4.69, 9.17) is 4.74 Å². The second-order valence-electron chi connectivity index (χ2n) is 5.21. The third-order valence-electron chi connectivity index (χ3n) is 3.29. The average Bonchev–Trinajstić information content (AvgIpc) is 2.55. The lowest BCUT2D eigenvalue weighted by molar-refractivity contribution is 0.150. The fourth-order valence-corrected chi connectivity index (χ4v) is 2.18. The molecular formula is C17H26N2O3S. The van der Waals surface area contributed by atoms with Crippen LogP contribution in [0.2, 0.25) is 0 Å². The van der Waals surface area contributed by atoms with Crippen molar-refractivity contribution in [1.82, 2.24) is 4.90 Å². The SMILES string of the molecule is CCCCN(CCCC)C(=O)Oc1cccc(NC(=O)SC)c1. The number of unbranched alkanes of at least 4 members (excludes halogenated alkanes) is 2. The first-order valence-corrected chi connectivity index (χ1v) is 9.25.